The predicted octanol–water partition coefficient (Wildman–Crippen LogP) is 0.517. The summed E-state index contributed by atoms with van der Waals surface area (Å²) in [5.41, 5.74) is 6.19. The molecule has 1 aliphatic heterocycles. The standard InChI is InChI=1S/C16H22N4O3S/c1-3-19(4-2)16(21)15-9-13(18)11-20(15)24(22,23)14-7-5-6-12(8-14)10-17/h5-8,13,15H,3-4,9,11,18H2,1-2H3/t13-,15+/m1/s1. The molecule has 1 amide bonds. The van der Waals surface area contributed by atoms with Crippen molar-refractivity contribution >= 4 is 15.9 Å². The second-order valence-corrected chi connectivity index (χ2v) is 7.63. The number of nitrogens with two attached hydrogens (primary N) is 1. The first-order valence-electron chi connectivity index (χ1n) is 7.91. The van der Waals surface area contributed by atoms with Crippen LogP contribution in [0.4, 0.5) is 0 Å². The van der Waals surface area contributed by atoms with Crippen LogP contribution in [0.5, 0.6) is 0 Å². The monoisotopic (exact) mass is 350 g/mol. The zero-order chi connectivity index (χ0) is 17.9. The summed E-state index contributed by atoms with van der Waals surface area (Å²) in [5.74, 6) is -0.229. The maximum atomic E-state index is 13.0. The molecule has 0 radical (unpaired) electrons. The molecule has 7 nitrogen and oxygen atoms in total. The van der Waals surface area contributed by atoms with Gasteiger partial charge in [0.25, 0.3) is 0 Å². The van der Waals surface area contributed by atoms with Gasteiger partial charge in [-0.05, 0) is 38.5 Å². The van der Waals surface area contributed by atoms with Gasteiger partial charge in [0.1, 0.15) is 6.04 Å². The van der Waals surface area contributed by atoms with E-state index in [0.717, 1.165) is 0 Å². The van der Waals surface area contributed by atoms with Crippen LogP contribution in [-0.4, -0.2) is 55.2 Å². The van der Waals surface area contributed by atoms with Crippen molar-refractivity contribution in [3.63, 3.8) is 0 Å². The lowest BCUT2D eigenvalue weighted by Gasteiger charge is -2.28. The zero-order valence-corrected chi connectivity index (χ0v) is 14.7. The molecule has 2 rings (SSSR count). The smallest absolute Gasteiger partial charge is 0.243 e. The van der Waals surface area contributed by atoms with Gasteiger partial charge in [-0.15, -0.1) is 0 Å². The second-order valence-electron chi connectivity index (χ2n) is 5.74. The highest BCUT2D eigenvalue weighted by Gasteiger charge is 2.43. The first-order valence-corrected chi connectivity index (χ1v) is 9.35. The normalized spacial score (nSPS) is 21.4. The minimum atomic E-state index is -3.89. The van der Waals surface area contributed by atoms with E-state index in [9.17, 15) is 13.2 Å². The van der Waals surface area contributed by atoms with E-state index in [1.807, 2.05) is 19.9 Å². The quantitative estimate of drug-likeness (QED) is 0.833. The molecule has 8 heteroatoms. The van der Waals surface area contributed by atoms with Crippen LogP contribution >= 0.6 is 0 Å². The molecule has 1 fully saturated rings. The third kappa shape index (κ3) is 3.43. The molecule has 0 unspecified atom stereocenters. The Hall–Kier alpha value is -1.95. The number of sulfonamides is 1. The van der Waals surface area contributed by atoms with Gasteiger partial charge in [0, 0.05) is 25.7 Å². The summed E-state index contributed by atoms with van der Waals surface area (Å²) in [4.78, 5) is 14.3. The van der Waals surface area contributed by atoms with E-state index in [1.165, 1.54) is 28.6 Å². The molecule has 0 spiro atoms. The Balaban J connectivity index is 2.40. The van der Waals surface area contributed by atoms with Crippen molar-refractivity contribution in [2.24, 2.45) is 5.73 Å². The lowest BCUT2D eigenvalue weighted by atomic mass is 10.1. The molecule has 24 heavy (non-hydrogen) atoms. The summed E-state index contributed by atoms with van der Waals surface area (Å²) in [7, 11) is -3.89. The van der Waals surface area contributed by atoms with E-state index in [-0.39, 0.29) is 29.0 Å². The number of carbonyl (C=O) groups is 1. The van der Waals surface area contributed by atoms with Crippen LogP contribution < -0.4 is 5.73 Å². The lowest BCUT2D eigenvalue weighted by molar-refractivity contribution is -0.134. The van der Waals surface area contributed by atoms with E-state index in [2.05, 4.69) is 0 Å². The summed E-state index contributed by atoms with van der Waals surface area (Å²) in [6.07, 6.45) is 0.298. The fourth-order valence-electron chi connectivity index (χ4n) is 2.93. The summed E-state index contributed by atoms with van der Waals surface area (Å²) in [6, 6.07) is 6.54. The van der Waals surface area contributed by atoms with Crippen molar-refractivity contribution in [2.45, 2.75) is 37.2 Å². The van der Waals surface area contributed by atoms with Crippen LogP contribution in [0.15, 0.2) is 29.2 Å². The van der Waals surface area contributed by atoms with Crippen LogP contribution in [0.1, 0.15) is 25.8 Å². The number of nitriles is 1. The van der Waals surface area contributed by atoms with Crippen LogP contribution in [-0.2, 0) is 14.8 Å². The Kier molecular flexibility index (Phi) is 5.59. The van der Waals surface area contributed by atoms with Crippen molar-refractivity contribution in [3.8, 4) is 6.07 Å². The van der Waals surface area contributed by atoms with Crippen LogP contribution in [0.2, 0.25) is 0 Å². The van der Waals surface area contributed by atoms with Gasteiger partial charge in [0.05, 0.1) is 16.5 Å². The Bertz CT molecular complexity index is 753. The van der Waals surface area contributed by atoms with Gasteiger partial charge in [-0.1, -0.05) is 6.07 Å². The van der Waals surface area contributed by atoms with Crippen molar-refractivity contribution in [1.29, 1.82) is 5.26 Å². The van der Waals surface area contributed by atoms with Gasteiger partial charge >= 0.3 is 0 Å². The Morgan fingerprint density at radius 1 is 1.42 bits per heavy atom. The third-order valence-corrected chi connectivity index (χ3v) is 6.09. The third-order valence-electron chi connectivity index (χ3n) is 4.22. The number of rotatable bonds is 5. The lowest BCUT2D eigenvalue weighted by Crippen LogP contribution is -2.47. The molecule has 2 N–H and O–H groups in total. The van der Waals surface area contributed by atoms with Gasteiger partial charge < -0.3 is 10.6 Å². The van der Waals surface area contributed by atoms with Gasteiger partial charge in [0.15, 0.2) is 0 Å². The number of carbonyl (C=O) groups excluding carboxylic acids is 1. The summed E-state index contributed by atoms with van der Waals surface area (Å²) < 4.78 is 27.1. The van der Waals surface area contributed by atoms with Gasteiger partial charge in [0.2, 0.25) is 15.9 Å². The van der Waals surface area contributed by atoms with Crippen molar-refractivity contribution in [2.75, 3.05) is 19.6 Å². The van der Waals surface area contributed by atoms with Gasteiger partial charge in [-0.25, -0.2) is 8.42 Å². The molecule has 1 aliphatic rings. The SMILES string of the molecule is CCN(CC)C(=O)[C@@H]1C[C@@H](N)CN1S(=O)(=O)c1cccc(C#N)c1. The molecule has 1 saturated heterocycles. The van der Waals surface area contributed by atoms with E-state index >= 15 is 0 Å². The number of benzene rings is 1. The molecule has 130 valence electrons. The maximum absolute atomic E-state index is 13.0. The number of hydrogen-bond donors (Lipinski definition) is 1. The largest absolute Gasteiger partial charge is 0.342 e. The second kappa shape index (κ2) is 7.30. The molecular formula is C16H22N4O3S. The van der Waals surface area contributed by atoms with E-state index < -0.39 is 16.1 Å². The molecular weight excluding hydrogens is 328 g/mol. The number of amides is 1. The van der Waals surface area contributed by atoms with Crippen LogP contribution in [0.3, 0.4) is 0 Å². The first kappa shape index (κ1) is 18.4. The van der Waals surface area contributed by atoms with E-state index in [1.54, 1.807) is 4.90 Å². The molecule has 2 atom stereocenters. The molecule has 1 aromatic rings. The average molecular weight is 350 g/mol. The number of hydrogen-bond acceptors (Lipinski definition) is 5. The predicted molar refractivity (Wildman–Crippen MR) is 89.4 cm³/mol. The summed E-state index contributed by atoms with van der Waals surface area (Å²) in [6.45, 7) is 4.82. The van der Waals surface area contributed by atoms with Gasteiger partial charge in [-0.2, -0.15) is 9.57 Å². The number of likely N-dealkylation sites (N-methyl/N-ethyl adjacent to an activating group) is 1. The first-order chi connectivity index (χ1) is 11.3. The molecule has 0 aliphatic carbocycles. The van der Waals surface area contributed by atoms with Crippen molar-refractivity contribution in [3.05, 3.63) is 29.8 Å². The highest BCUT2D eigenvalue weighted by Crippen LogP contribution is 2.27. The molecule has 1 heterocycles. The van der Waals surface area contributed by atoms with E-state index in [4.69, 9.17) is 11.0 Å². The topological polar surface area (TPSA) is 108 Å². The van der Waals surface area contributed by atoms with Gasteiger partial charge in [-0.3, -0.25) is 4.79 Å². The summed E-state index contributed by atoms with van der Waals surface area (Å²) in [5, 5.41) is 8.97. The summed E-state index contributed by atoms with van der Waals surface area (Å²) >= 11 is 0. The Morgan fingerprint density at radius 2 is 2.08 bits per heavy atom. The van der Waals surface area contributed by atoms with Crippen molar-refractivity contribution < 1.29 is 13.2 Å². The Labute approximate surface area is 142 Å². The van der Waals surface area contributed by atoms with Crippen LogP contribution in [0, 0.1) is 11.3 Å². The highest BCUT2D eigenvalue weighted by atomic mass is 32.2. The van der Waals surface area contributed by atoms with Crippen molar-refractivity contribution in [1.82, 2.24) is 9.21 Å². The Morgan fingerprint density at radius 3 is 2.67 bits per heavy atom. The zero-order valence-electron chi connectivity index (χ0n) is 13.8. The van der Waals surface area contributed by atoms with Crippen LogP contribution in [0.25, 0.3) is 0 Å². The minimum Gasteiger partial charge on any atom is -0.342 e. The maximum Gasteiger partial charge on any atom is 0.243 e. The minimum absolute atomic E-state index is 0.00740. The fraction of sp³-hybridized carbons (Fsp3) is 0.500. The molecule has 0 aromatic heterocycles. The molecule has 0 saturated carbocycles. The molecule has 1 aromatic carbocycles. The molecule has 0 bridgehead atoms. The highest BCUT2D eigenvalue weighted by molar-refractivity contribution is 7.89. The average Bonchev–Trinajstić information content (AvgIpc) is 2.98. The number of nitrogens with zero attached hydrogens (tertiary/aromatic N) is 3. The van der Waals surface area contributed by atoms with E-state index in [0.29, 0.717) is 19.5 Å². The fourth-order valence-corrected chi connectivity index (χ4v) is 4.63.